The van der Waals surface area contributed by atoms with Crippen LogP contribution in [0.2, 0.25) is 0 Å². The SMILES string of the molecule is COC(=O)C(CC[C@@H](C)COC1CCCCO1)P(=O)(OC)OC. The Morgan fingerprint density at radius 3 is 2.43 bits per heavy atom. The number of hydrogen-bond donors (Lipinski definition) is 0. The van der Waals surface area contributed by atoms with Crippen molar-refractivity contribution in [3.05, 3.63) is 0 Å². The van der Waals surface area contributed by atoms with Gasteiger partial charge < -0.3 is 23.3 Å². The van der Waals surface area contributed by atoms with E-state index in [1.165, 1.54) is 21.3 Å². The van der Waals surface area contributed by atoms with Gasteiger partial charge in [-0.25, -0.2) is 0 Å². The van der Waals surface area contributed by atoms with Crippen LogP contribution >= 0.6 is 7.60 Å². The molecular weight excluding hydrogens is 323 g/mol. The van der Waals surface area contributed by atoms with Crippen LogP contribution in [0.25, 0.3) is 0 Å². The second-order valence-corrected chi connectivity index (χ2v) is 8.19. The molecule has 0 aliphatic carbocycles. The number of esters is 1. The summed E-state index contributed by atoms with van der Waals surface area (Å²) in [4.78, 5) is 11.9. The van der Waals surface area contributed by atoms with Crippen LogP contribution in [0.1, 0.15) is 39.0 Å². The summed E-state index contributed by atoms with van der Waals surface area (Å²) in [5.41, 5.74) is -0.920. The molecule has 1 aliphatic rings. The molecule has 0 radical (unpaired) electrons. The van der Waals surface area contributed by atoms with E-state index in [4.69, 9.17) is 23.3 Å². The number of ether oxygens (including phenoxy) is 3. The maximum absolute atomic E-state index is 12.5. The Labute approximate surface area is 138 Å². The van der Waals surface area contributed by atoms with E-state index in [2.05, 4.69) is 0 Å². The molecule has 1 aliphatic heterocycles. The summed E-state index contributed by atoms with van der Waals surface area (Å²) in [6.07, 6.45) is 3.98. The number of hydrogen-bond acceptors (Lipinski definition) is 7. The summed E-state index contributed by atoms with van der Waals surface area (Å²) in [7, 11) is 0.298. The zero-order chi connectivity index (χ0) is 17.3. The highest BCUT2D eigenvalue weighted by molar-refractivity contribution is 7.55. The van der Waals surface area contributed by atoms with E-state index >= 15 is 0 Å². The molecule has 0 aromatic heterocycles. The van der Waals surface area contributed by atoms with Crippen LogP contribution in [0.3, 0.4) is 0 Å². The van der Waals surface area contributed by atoms with Crippen molar-refractivity contribution in [1.29, 1.82) is 0 Å². The minimum absolute atomic E-state index is 0.133. The molecule has 1 fully saturated rings. The fourth-order valence-electron chi connectivity index (χ4n) is 2.51. The van der Waals surface area contributed by atoms with Crippen molar-refractivity contribution in [2.45, 2.75) is 51.0 Å². The van der Waals surface area contributed by atoms with Gasteiger partial charge in [0, 0.05) is 20.8 Å². The maximum Gasteiger partial charge on any atom is 0.344 e. The van der Waals surface area contributed by atoms with Crippen molar-refractivity contribution in [2.24, 2.45) is 5.92 Å². The van der Waals surface area contributed by atoms with Crippen molar-refractivity contribution in [1.82, 2.24) is 0 Å². The largest absolute Gasteiger partial charge is 0.468 e. The molecule has 0 saturated carbocycles. The molecule has 23 heavy (non-hydrogen) atoms. The molecule has 136 valence electrons. The van der Waals surface area contributed by atoms with Gasteiger partial charge in [-0.3, -0.25) is 9.36 Å². The normalized spacial score (nSPS) is 21.7. The van der Waals surface area contributed by atoms with Gasteiger partial charge in [0.1, 0.15) is 0 Å². The minimum Gasteiger partial charge on any atom is -0.468 e. The molecule has 0 amide bonds. The van der Waals surface area contributed by atoms with Gasteiger partial charge in [-0.2, -0.15) is 0 Å². The number of carbonyl (C=O) groups excluding carboxylic acids is 1. The number of carbonyl (C=O) groups is 1. The van der Waals surface area contributed by atoms with E-state index in [9.17, 15) is 9.36 Å². The van der Waals surface area contributed by atoms with E-state index in [1.807, 2.05) is 6.92 Å². The quantitative estimate of drug-likeness (QED) is 0.442. The zero-order valence-corrected chi connectivity index (χ0v) is 15.4. The molecule has 0 N–H and O–H groups in total. The Hall–Kier alpha value is -0.460. The number of rotatable bonds is 10. The summed E-state index contributed by atoms with van der Waals surface area (Å²) >= 11 is 0. The van der Waals surface area contributed by atoms with E-state index < -0.39 is 19.2 Å². The Kier molecular flexibility index (Phi) is 9.32. The van der Waals surface area contributed by atoms with Crippen LogP contribution in [0.5, 0.6) is 0 Å². The lowest BCUT2D eigenvalue weighted by Crippen LogP contribution is -2.27. The molecule has 2 unspecified atom stereocenters. The number of methoxy groups -OCH3 is 1. The minimum atomic E-state index is -3.51. The average molecular weight is 352 g/mol. The van der Waals surface area contributed by atoms with Gasteiger partial charge >= 0.3 is 13.6 Å². The molecule has 0 aromatic carbocycles. The van der Waals surface area contributed by atoms with E-state index in [1.54, 1.807) is 0 Å². The molecule has 0 aromatic rings. The molecule has 0 spiro atoms. The van der Waals surface area contributed by atoms with Gasteiger partial charge in [0.15, 0.2) is 11.9 Å². The van der Waals surface area contributed by atoms with Crippen molar-refractivity contribution in [3.8, 4) is 0 Å². The van der Waals surface area contributed by atoms with Crippen molar-refractivity contribution in [3.63, 3.8) is 0 Å². The van der Waals surface area contributed by atoms with Crippen LogP contribution in [0.4, 0.5) is 0 Å². The highest BCUT2D eigenvalue weighted by Gasteiger charge is 2.40. The summed E-state index contributed by atoms with van der Waals surface area (Å²) < 4.78 is 38.3. The molecule has 3 atom stereocenters. The average Bonchev–Trinajstić information content (AvgIpc) is 2.60. The van der Waals surface area contributed by atoms with E-state index in [0.29, 0.717) is 19.4 Å². The smallest absolute Gasteiger partial charge is 0.344 e. The van der Waals surface area contributed by atoms with Crippen molar-refractivity contribution >= 4 is 13.6 Å². The van der Waals surface area contributed by atoms with Gasteiger partial charge in [0.05, 0.1) is 13.7 Å². The lowest BCUT2D eigenvalue weighted by molar-refractivity contribution is -0.168. The van der Waals surface area contributed by atoms with Crippen LogP contribution in [0, 0.1) is 5.92 Å². The first kappa shape index (κ1) is 20.6. The first-order valence-corrected chi connectivity index (χ1v) is 9.60. The Morgan fingerprint density at radius 2 is 1.91 bits per heavy atom. The van der Waals surface area contributed by atoms with Crippen LogP contribution in [0.15, 0.2) is 0 Å². The molecule has 1 saturated heterocycles. The second kappa shape index (κ2) is 10.4. The first-order chi connectivity index (χ1) is 11.0. The predicted octanol–water partition coefficient (Wildman–Crippen LogP) is 2.97. The van der Waals surface area contributed by atoms with E-state index in [0.717, 1.165) is 25.9 Å². The fourth-order valence-corrected chi connectivity index (χ4v) is 4.00. The topological polar surface area (TPSA) is 80.3 Å². The first-order valence-electron chi connectivity index (χ1n) is 7.99. The molecule has 1 heterocycles. The van der Waals surface area contributed by atoms with Gasteiger partial charge in [-0.1, -0.05) is 6.92 Å². The van der Waals surface area contributed by atoms with Gasteiger partial charge in [0.25, 0.3) is 0 Å². The maximum atomic E-state index is 12.5. The third-order valence-electron chi connectivity index (χ3n) is 4.00. The van der Waals surface area contributed by atoms with Crippen LogP contribution in [-0.4, -0.2) is 52.5 Å². The summed E-state index contributed by atoms with van der Waals surface area (Å²) in [6, 6.07) is 0. The summed E-state index contributed by atoms with van der Waals surface area (Å²) in [5, 5.41) is 0. The monoisotopic (exact) mass is 352 g/mol. The van der Waals surface area contributed by atoms with Gasteiger partial charge in [-0.15, -0.1) is 0 Å². The van der Waals surface area contributed by atoms with Crippen molar-refractivity contribution in [2.75, 3.05) is 34.5 Å². The summed E-state index contributed by atoms with van der Waals surface area (Å²) in [5.74, 6) is -0.393. The van der Waals surface area contributed by atoms with Crippen LogP contribution in [-0.2, 0) is 32.6 Å². The predicted molar refractivity (Wildman–Crippen MR) is 85.4 cm³/mol. The Morgan fingerprint density at radius 1 is 1.22 bits per heavy atom. The standard InChI is InChI=1S/C15H29O7P/c1-12(11-22-14-7-5-6-10-21-14)8-9-13(15(16)18-2)23(17,19-3)20-4/h12-14H,5-11H2,1-4H3/t12-,13?,14?/m1/s1. The highest BCUT2D eigenvalue weighted by Crippen LogP contribution is 2.53. The lowest BCUT2D eigenvalue weighted by Gasteiger charge is -2.25. The van der Waals surface area contributed by atoms with E-state index in [-0.39, 0.29) is 12.2 Å². The van der Waals surface area contributed by atoms with Crippen molar-refractivity contribution < 1.29 is 32.6 Å². The molecule has 8 heteroatoms. The Balaban J connectivity index is 2.46. The third-order valence-corrected chi connectivity index (χ3v) is 6.25. The fraction of sp³-hybridized carbons (Fsp3) is 0.933. The van der Waals surface area contributed by atoms with Gasteiger partial charge in [-0.05, 0) is 38.0 Å². The lowest BCUT2D eigenvalue weighted by atomic mass is 10.0. The second-order valence-electron chi connectivity index (χ2n) is 5.76. The third kappa shape index (κ3) is 6.51. The molecule has 1 rings (SSSR count). The molecule has 7 nitrogen and oxygen atoms in total. The van der Waals surface area contributed by atoms with Gasteiger partial charge in [0.2, 0.25) is 0 Å². The molecular formula is C15H29O7P. The summed E-state index contributed by atoms with van der Waals surface area (Å²) in [6.45, 7) is 3.29. The zero-order valence-electron chi connectivity index (χ0n) is 14.5. The van der Waals surface area contributed by atoms with Crippen LogP contribution < -0.4 is 0 Å². The molecule has 0 bridgehead atoms. The highest BCUT2D eigenvalue weighted by atomic mass is 31.2. The Bertz CT molecular complexity index is 387.